The van der Waals surface area contributed by atoms with Crippen LogP contribution in [0.4, 0.5) is 0 Å². The van der Waals surface area contributed by atoms with E-state index in [9.17, 15) is 0 Å². The molecule has 7 heteroatoms. The van der Waals surface area contributed by atoms with E-state index in [1.807, 2.05) is 65.4 Å². The van der Waals surface area contributed by atoms with Gasteiger partial charge in [0.2, 0.25) is 4.38 Å². The molecule has 3 nitrogen and oxygen atoms in total. The van der Waals surface area contributed by atoms with Gasteiger partial charge in [-0.2, -0.15) is 0 Å². The number of hydrogen-bond acceptors (Lipinski definition) is 4. The van der Waals surface area contributed by atoms with Crippen LogP contribution in [0.25, 0.3) is 0 Å². The highest BCUT2D eigenvalue weighted by atomic mass is 35.5. The lowest BCUT2D eigenvalue weighted by Gasteiger charge is -2.23. The van der Waals surface area contributed by atoms with Gasteiger partial charge in [-0.3, -0.25) is 0 Å². The van der Waals surface area contributed by atoms with E-state index in [-0.39, 0.29) is 10.8 Å². The van der Waals surface area contributed by atoms with Gasteiger partial charge in [-0.25, -0.2) is 4.98 Å². The molecule has 3 rings (SSSR count). The summed E-state index contributed by atoms with van der Waals surface area (Å²) in [5.74, 6) is 0. The molecule has 1 heterocycles. The minimum absolute atomic E-state index is 0.147. The molecule has 1 aromatic heterocycles. The first-order chi connectivity index (χ1) is 12.6. The van der Waals surface area contributed by atoms with E-state index in [2.05, 4.69) is 4.98 Å². The minimum Gasteiger partial charge on any atom is -0.474 e. The molecule has 26 heavy (non-hydrogen) atoms. The molecule has 0 radical (unpaired) electrons. The van der Waals surface area contributed by atoms with E-state index in [0.29, 0.717) is 16.0 Å². The Morgan fingerprint density at radius 2 is 1.88 bits per heavy atom. The smallest absolute Gasteiger partial charge is 0.221 e. The van der Waals surface area contributed by atoms with E-state index in [1.54, 1.807) is 12.5 Å². The van der Waals surface area contributed by atoms with Crippen LogP contribution in [0.2, 0.25) is 5.02 Å². The van der Waals surface area contributed by atoms with Gasteiger partial charge < -0.3 is 9.30 Å². The van der Waals surface area contributed by atoms with Crippen LogP contribution in [0.1, 0.15) is 21.9 Å². The van der Waals surface area contributed by atoms with Crippen molar-refractivity contribution in [1.29, 1.82) is 0 Å². The van der Waals surface area contributed by atoms with Crippen molar-refractivity contribution in [3.05, 3.63) is 89.5 Å². The maximum absolute atomic E-state index is 6.70. The number of alkyl halides is 1. The maximum atomic E-state index is 6.70. The Morgan fingerprint density at radius 1 is 1.15 bits per heavy atom. The van der Waals surface area contributed by atoms with Gasteiger partial charge in [0.05, 0.1) is 11.6 Å². The average molecular weight is 423 g/mol. The summed E-state index contributed by atoms with van der Waals surface area (Å²) in [4.78, 5) is 4.07. The van der Waals surface area contributed by atoms with Crippen LogP contribution < -0.4 is 0 Å². The zero-order valence-electron chi connectivity index (χ0n) is 13.7. The van der Waals surface area contributed by atoms with Gasteiger partial charge in [-0.15, -0.1) is 0 Å². The maximum Gasteiger partial charge on any atom is 0.221 e. The Balaban J connectivity index is 1.72. The Kier molecular flexibility index (Phi) is 6.97. The molecule has 3 aromatic rings. The van der Waals surface area contributed by atoms with Gasteiger partial charge in [0.25, 0.3) is 0 Å². The standard InChI is InChI=1S/C19H16Cl2N2OS2/c20-16-8-6-15(7-9-16)17(18(21)23-11-10-22-13-23)26-19(25)24-12-14-4-2-1-3-5-14/h1-11,13,17-18H,12H2. The summed E-state index contributed by atoms with van der Waals surface area (Å²) < 4.78 is 8.04. The molecule has 134 valence electrons. The summed E-state index contributed by atoms with van der Waals surface area (Å²) in [6.07, 6.45) is 5.22. The van der Waals surface area contributed by atoms with E-state index in [4.69, 9.17) is 40.2 Å². The first-order valence-corrected chi connectivity index (χ1v) is 9.98. The molecular formula is C19H16Cl2N2OS2. The molecule has 0 fully saturated rings. The van der Waals surface area contributed by atoms with Crippen LogP contribution in [0.5, 0.6) is 0 Å². The molecule has 0 saturated heterocycles. The number of aromatic nitrogens is 2. The topological polar surface area (TPSA) is 27.1 Å². The van der Waals surface area contributed by atoms with E-state index < -0.39 is 0 Å². The normalized spacial score (nSPS) is 13.2. The third-order valence-corrected chi connectivity index (χ3v) is 6.06. The zero-order chi connectivity index (χ0) is 18.4. The number of benzene rings is 2. The van der Waals surface area contributed by atoms with Crippen molar-refractivity contribution in [3.8, 4) is 0 Å². The largest absolute Gasteiger partial charge is 0.474 e. The van der Waals surface area contributed by atoms with Gasteiger partial charge >= 0.3 is 0 Å². The van der Waals surface area contributed by atoms with Gasteiger partial charge in [-0.05, 0) is 35.5 Å². The Hall–Kier alpha value is -1.53. The number of thiocarbonyl (C=S) groups is 1. The molecule has 0 aliphatic rings. The predicted octanol–water partition coefficient (Wildman–Crippen LogP) is 6.25. The van der Waals surface area contributed by atoms with Crippen LogP contribution >= 0.6 is 47.2 Å². The minimum atomic E-state index is -0.373. The summed E-state index contributed by atoms with van der Waals surface area (Å²) >= 11 is 19.6. The van der Waals surface area contributed by atoms with Crippen molar-refractivity contribution in [1.82, 2.24) is 9.55 Å². The van der Waals surface area contributed by atoms with Crippen molar-refractivity contribution in [2.24, 2.45) is 0 Å². The van der Waals surface area contributed by atoms with Gasteiger partial charge in [-0.1, -0.05) is 77.4 Å². The van der Waals surface area contributed by atoms with Crippen LogP contribution in [0, 0.1) is 0 Å². The molecule has 0 spiro atoms. The molecule has 0 aliphatic carbocycles. The number of hydrogen-bond donors (Lipinski definition) is 0. The molecular weight excluding hydrogens is 407 g/mol. The highest BCUT2D eigenvalue weighted by molar-refractivity contribution is 8.22. The number of rotatable bonds is 6. The molecule has 0 bridgehead atoms. The van der Waals surface area contributed by atoms with E-state index >= 15 is 0 Å². The van der Waals surface area contributed by atoms with E-state index in [0.717, 1.165) is 11.1 Å². The third-order valence-electron chi connectivity index (χ3n) is 3.68. The fourth-order valence-electron chi connectivity index (χ4n) is 2.36. The lowest BCUT2D eigenvalue weighted by atomic mass is 10.1. The predicted molar refractivity (Wildman–Crippen MR) is 113 cm³/mol. The number of imidazole rings is 1. The van der Waals surface area contributed by atoms with Crippen molar-refractivity contribution < 1.29 is 4.74 Å². The van der Waals surface area contributed by atoms with Crippen molar-refractivity contribution in [2.45, 2.75) is 17.4 Å². The van der Waals surface area contributed by atoms with Gasteiger partial charge in [0, 0.05) is 17.4 Å². The molecule has 2 aromatic carbocycles. The Bertz CT molecular complexity index is 827. The summed E-state index contributed by atoms with van der Waals surface area (Å²) in [5.41, 5.74) is 1.70. The molecule has 2 unspecified atom stereocenters. The second-order valence-electron chi connectivity index (χ2n) is 5.50. The third kappa shape index (κ3) is 5.24. The van der Waals surface area contributed by atoms with Gasteiger partial charge in [0.1, 0.15) is 12.1 Å². The first kappa shape index (κ1) is 19.2. The highest BCUT2D eigenvalue weighted by Gasteiger charge is 2.25. The molecule has 0 N–H and O–H groups in total. The van der Waals surface area contributed by atoms with Gasteiger partial charge in [0.15, 0.2) is 0 Å². The Labute approximate surface area is 172 Å². The summed E-state index contributed by atoms with van der Waals surface area (Å²) in [7, 11) is 0. The van der Waals surface area contributed by atoms with Crippen molar-refractivity contribution >= 4 is 51.6 Å². The molecule has 0 aliphatic heterocycles. The van der Waals surface area contributed by atoms with Crippen LogP contribution in [-0.2, 0) is 11.3 Å². The zero-order valence-corrected chi connectivity index (χ0v) is 16.8. The Morgan fingerprint density at radius 3 is 2.54 bits per heavy atom. The number of nitrogens with zero attached hydrogens (tertiary/aromatic N) is 2. The second-order valence-corrected chi connectivity index (χ2v) is 8.12. The first-order valence-electron chi connectivity index (χ1n) is 7.88. The summed E-state index contributed by atoms with van der Waals surface area (Å²) in [6.45, 7) is 0.429. The second kappa shape index (κ2) is 9.42. The lowest BCUT2D eigenvalue weighted by Crippen LogP contribution is -2.12. The number of thioether (sulfide) groups is 1. The van der Waals surface area contributed by atoms with Crippen molar-refractivity contribution in [2.75, 3.05) is 0 Å². The quantitative estimate of drug-likeness (QED) is 0.346. The molecule has 0 amide bonds. The highest BCUT2D eigenvalue weighted by Crippen LogP contribution is 2.42. The van der Waals surface area contributed by atoms with Crippen molar-refractivity contribution in [3.63, 3.8) is 0 Å². The van der Waals surface area contributed by atoms with E-state index in [1.165, 1.54) is 11.8 Å². The lowest BCUT2D eigenvalue weighted by molar-refractivity contribution is 0.310. The summed E-state index contributed by atoms with van der Waals surface area (Å²) in [6, 6.07) is 17.5. The molecule has 2 atom stereocenters. The van der Waals surface area contributed by atoms with Crippen LogP contribution in [0.15, 0.2) is 73.3 Å². The molecule has 0 saturated carbocycles. The van der Waals surface area contributed by atoms with Crippen LogP contribution in [-0.4, -0.2) is 13.9 Å². The average Bonchev–Trinajstić information content (AvgIpc) is 3.20. The monoisotopic (exact) mass is 422 g/mol. The fraction of sp³-hybridized carbons (Fsp3) is 0.158. The van der Waals surface area contributed by atoms with Crippen LogP contribution in [0.3, 0.4) is 0 Å². The fourth-order valence-corrected chi connectivity index (χ4v) is 4.15. The number of ether oxygens (including phenoxy) is 1. The number of halogens is 2. The SMILES string of the molecule is S=C(OCc1ccccc1)SC(c1ccc(Cl)cc1)C(Cl)n1ccnc1. The summed E-state index contributed by atoms with van der Waals surface area (Å²) in [5, 5.41) is 0.528.